The zero-order valence-electron chi connectivity index (χ0n) is 18.9. The molecular formula is C23H33F3O5S. The summed E-state index contributed by atoms with van der Waals surface area (Å²) < 4.78 is 80.9. The van der Waals surface area contributed by atoms with Gasteiger partial charge in [0, 0.05) is 17.8 Å². The first-order chi connectivity index (χ1) is 14.8. The molecule has 7 atom stereocenters. The first kappa shape index (κ1) is 23.0. The summed E-state index contributed by atoms with van der Waals surface area (Å²) in [4.78, 5) is 0. The quantitative estimate of drug-likeness (QED) is 0.394. The van der Waals surface area contributed by atoms with Gasteiger partial charge >= 0.3 is 15.6 Å². The third kappa shape index (κ3) is 3.05. The molecule has 0 aromatic rings. The van der Waals surface area contributed by atoms with E-state index in [0.29, 0.717) is 25.6 Å². The molecule has 0 aromatic heterocycles. The molecule has 4 aliphatic carbocycles. The number of hydrogen-bond donors (Lipinski definition) is 0. The molecule has 1 saturated heterocycles. The highest BCUT2D eigenvalue weighted by Crippen LogP contribution is 2.69. The van der Waals surface area contributed by atoms with Crippen LogP contribution in [0.4, 0.5) is 13.2 Å². The van der Waals surface area contributed by atoms with Crippen molar-refractivity contribution in [2.75, 3.05) is 13.2 Å². The van der Waals surface area contributed by atoms with Crippen LogP contribution >= 0.6 is 0 Å². The van der Waals surface area contributed by atoms with E-state index in [-0.39, 0.29) is 40.3 Å². The van der Waals surface area contributed by atoms with E-state index in [0.717, 1.165) is 38.5 Å². The average molecular weight is 479 g/mol. The maximum Gasteiger partial charge on any atom is 0.534 e. The Hall–Kier alpha value is -0.800. The van der Waals surface area contributed by atoms with Gasteiger partial charge in [-0.25, -0.2) is 0 Å². The smallest absolute Gasteiger partial charge is 0.381 e. The van der Waals surface area contributed by atoms with Crippen molar-refractivity contribution < 1.29 is 35.2 Å². The van der Waals surface area contributed by atoms with Crippen molar-refractivity contribution in [3.05, 3.63) is 11.8 Å². The molecule has 1 unspecified atom stereocenters. The third-order valence-electron chi connectivity index (χ3n) is 9.78. The van der Waals surface area contributed by atoms with E-state index in [1.165, 1.54) is 0 Å². The fourth-order valence-corrected chi connectivity index (χ4v) is 8.58. The molecule has 0 radical (unpaired) electrons. The Kier molecular flexibility index (Phi) is 5.10. The Bertz CT molecular complexity index is 909. The molecular weight excluding hydrogens is 445 g/mol. The molecule has 0 bridgehead atoms. The number of alkyl halides is 3. The lowest BCUT2D eigenvalue weighted by Gasteiger charge is -2.60. The number of hydrogen-bond acceptors (Lipinski definition) is 5. The first-order valence-electron chi connectivity index (χ1n) is 11.8. The summed E-state index contributed by atoms with van der Waals surface area (Å²) in [7, 11) is -5.71. The Morgan fingerprint density at radius 3 is 2.34 bits per heavy atom. The normalized spacial score (nSPS) is 45.7. The van der Waals surface area contributed by atoms with Gasteiger partial charge in [-0.15, -0.1) is 0 Å². The van der Waals surface area contributed by atoms with Crippen LogP contribution in [-0.4, -0.2) is 32.9 Å². The molecule has 1 aliphatic heterocycles. The van der Waals surface area contributed by atoms with Crippen molar-refractivity contribution in [2.24, 2.45) is 40.4 Å². The van der Waals surface area contributed by atoms with Crippen molar-refractivity contribution in [3.63, 3.8) is 0 Å². The van der Waals surface area contributed by atoms with E-state index in [2.05, 4.69) is 20.8 Å². The van der Waals surface area contributed by atoms with Crippen molar-refractivity contribution in [2.45, 2.75) is 77.0 Å². The first-order valence-corrected chi connectivity index (χ1v) is 13.2. The Morgan fingerprint density at radius 2 is 1.69 bits per heavy atom. The minimum Gasteiger partial charge on any atom is -0.381 e. The average Bonchev–Trinajstić information content (AvgIpc) is 3.28. The predicted octanol–water partition coefficient (Wildman–Crippen LogP) is 5.38. The monoisotopic (exact) mass is 478 g/mol. The fourth-order valence-electron chi connectivity index (χ4n) is 8.06. The summed E-state index contributed by atoms with van der Waals surface area (Å²) in [5.41, 5.74) is -5.97. The van der Waals surface area contributed by atoms with Gasteiger partial charge in [-0.05, 0) is 67.3 Å². The van der Waals surface area contributed by atoms with Crippen LogP contribution in [-0.2, 0) is 23.8 Å². The molecule has 1 heterocycles. The van der Waals surface area contributed by atoms with Crippen LogP contribution in [0.5, 0.6) is 0 Å². The van der Waals surface area contributed by atoms with Crippen LogP contribution in [0.3, 0.4) is 0 Å². The van der Waals surface area contributed by atoms with Crippen LogP contribution in [0, 0.1) is 40.4 Å². The van der Waals surface area contributed by atoms with Crippen molar-refractivity contribution in [1.29, 1.82) is 0 Å². The van der Waals surface area contributed by atoms with Gasteiger partial charge in [0.2, 0.25) is 0 Å². The molecule has 0 amide bonds. The van der Waals surface area contributed by atoms with Crippen molar-refractivity contribution >= 4 is 10.1 Å². The van der Waals surface area contributed by atoms with Crippen LogP contribution in [0.1, 0.15) is 65.7 Å². The van der Waals surface area contributed by atoms with Crippen molar-refractivity contribution in [3.8, 4) is 0 Å². The summed E-state index contributed by atoms with van der Waals surface area (Å²) in [6, 6.07) is 0. The highest BCUT2D eigenvalue weighted by atomic mass is 32.2. The summed E-state index contributed by atoms with van der Waals surface area (Å²) in [6.45, 7) is 7.53. The number of halogens is 3. The van der Waals surface area contributed by atoms with Gasteiger partial charge in [0.05, 0.1) is 13.2 Å². The van der Waals surface area contributed by atoms with Crippen LogP contribution < -0.4 is 0 Å². The Labute approximate surface area is 188 Å². The predicted molar refractivity (Wildman–Crippen MR) is 110 cm³/mol. The second-order valence-electron chi connectivity index (χ2n) is 11.2. The highest BCUT2D eigenvalue weighted by molar-refractivity contribution is 7.87. The lowest BCUT2D eigenvalue weighted by Crippen LogP contribution is -2.56. The number of allylic oxidation sites excluding steroid dienone is 2. The van der Waals surface area contributed by atoms with Crippen LogP contribution in [0.25, 0.3) is 0 Å². The van der Waals surface area contributed by atoms with E-state index in [4.69, 9.17) is 13.7 Å². The Morgan fingerprint density at radius 1 is 1.03 bits per heavy atom. The molecule has 182 valence electrons. The molecule has 0 N–H and O–H groups in total. The number of rotatable bonds is 2. The standard InChI is InChI=1S/C23H33F3O5S/c1-14-4-7-20(2)16-5-8-21(3)17(6-9-22(21)29-10-11-30-22)15(16)13-19(18(20)12-14)31-32(27,28)23(24,25)26/h13-18H,4-12H2,1-3H3/t14-,15+,16-,17-,18?,20+,21-/m0/s1. The lowest BCUT2D eigenvalue weighted by molar-refractivity contribution is -0.242. The minimum absolute atomic E-state index is 0.0103. The van der Waals surface area contributed by atoms with E-state index in [1.807, 2.05) is 0 Å². The van der Waals surface area contributed by atoms with Gasteiger partial charge in [0.25, 0.3) is 0 Å². The van der Waals surface area contributed by atoms with E-state index < -0.39 is 21.4 Å². The fraction of sp³-hybridized carbons (Fsp3) is 0.913. The topological polar surface area (TPSA) is 61.8 Å². The third-order valence-corrected chi connectivity index (χ3v) is 10.8. The largest absolute Gasteiger partial charge is 0.534 e. The van der Waals surface area contributed by atoms with E-state index in [1.54, 1.807) is 6.08 Å². The Balaban J connectivity index is 1.57. The van der Waals surface area contributed by atoms with Gasteiger partial charge in [0.1, 0.15) is 5.76 Å². The second kappa shape index (κ2) is 7.11. The van der Waals surface area contributed by atoms with Crippen LogP contribution in [0.2, 0.25) is 0 Å². The summed E-state index contributed by atoms with van der Waals surface area (Å²) in [5.74, 6) is -0.226. The summed E-state index contributed by atoms with van der Waals surface area (Å²) >= 11 is 0. The lowest BCUT2D eigenvalue weighted by atomic mass is 9.46. The SMILES string of the molecule is C[C@H]1CC[C@@]2(C)C(C1)C(OS(=O)(=O)C(F)(F)F)=C[C@@H]1[C@@H]2CC[C@@]2(C)[C@H]1CCC21OCCO1. The molecule has 5 aliphatic rings. The van der Waals surface area contributed by atoms with Gasteiger partial charge in [-0.1, -0.05) is 27.2 Å². The molecule has 1 spiro atoms. The molecule has 4 fully saturated rings. The van der Waals surface area contributed by atoms with Gasteiger partial charge in [-0.2, -0.15) is 21.6 Å². The maximum absolute atomic E-state index is 13.2. The van der Waals surface area contributed by atoms with Gasteiger partial charge in [0.15, 0.2) is 5.79 Å². The number of ether oxygens (including phenoxy) is 2. The van der Waals surface area contributed by atoms with E-state index >= 15 is 0 Å². The molecule has 9 heteroatoms. The molecule has 5 rings (SSSR count). The maximum atomic E-state index is 13.2. The molecule has 5 nitrogen and oxygen atoms in total. The molecule has 3 saturated carbocycles. The van der Waals surface area contributed by atoms with Crippen LogP contribution in [0.15, 0.2) is 11.8 Å². The molecule has 32 heavy (non-hydrogen) atoms. The summed E-state index contributed by atoms with van der Waals surface area (Å²) in [5, 5.41) is 0. The zero-order valence-corrected chi connectivity index (χ0v) is 19.7. The van der Waals surface area contributed by atoms with Gasteiger partial charge < -0.3 is 13.7 Å². The van der Waals surface area contributed by atoms with E-state index in [9.17, 15) is 21.6 Å². The number of fused-ring (bicyclic) bond motifs is 6. The second-order valence-corrected chi connectivity index (χ2v) is 12.8. The van der Waals surface area contributed by atoms with Crippen molar-refractivity contribution in [1.82, 2.24) is 0 Å². The van der Waals surface area contributed by atoms with Gasteiger partial charge in [-0.3, -0.25) is 0 Å². The highest BCUT2D eigenvalue weighted by Gasteiger charge is 2.67. The minimum atomic E-state index is -5.71. The molecule has 0 aromatic carbocycles. The zero-order chi connectivity index (χ0) is 23.2. The summed E-state index contributed by atoms with van der Waals surface area (Å²) in [6.07, 6.45) is 7.77.